The number of guanidine groups is 1. The number of amides is 1. The molecule has 1 saturated carbocycles. The summed E-state index contributed by atoms with van der Waals surface area (Å²) >= 11 is 0. The molecule has 2 aliphatic rings. The molecule has 0 bridgehead atoms. The molecule has 156 valence electrons. The summed E-state index contributed by atoms with van der Waals surface area (Å²) < 4.78 is 5.51. The smallest absolute Gasteiger partial charge is 0.410 e. The molecule has 3 atom stereocenters. The standard InChI is InChI=1S/C21H32N4O2.HI/c1-21(2,3)27-20(26)25-12-8-11-16(14-25)23-19(22-4)24-18-13-17(18)15-9-6-5-7-10-15;/h5-7,9-10,16-18H,8,11-14H2,1-4H3,(H2,22,23,24);1H. The normalized spacial score (nSPS) is 24.8. The Morgan fingerprint density at radius 2 is 1.93 bits per heavy atom. The van der Waals surface area contributed by atoms with E-state index in [1.54, 1.807) is 11.9 Å². The summed E-state index contributed by atoms with van der Waals surface area (Å²) in [5.41, 5.74) is 0.909. The second kappa shape index (κ2) is 9.80. The van der Waals surface area contributed by atoms with Gasteiger partial charge in [0.15, 0.2) is 5.96 Å². The van der Waals surface area contributed by atoms with E-state index in [1.807, 2.05) is 26.8 Å². The Bertz CT molecular complexity index is 675. The second-order valence-electron chi connectivity index (χ2n) is 8.49. The van der Waals surface area contributed by atoms with Gasteiger partial charge in [0.05, 0.1) is 0 Å². The third kappa shape index (κ3) is 6.53. The van der Waals surface area contributed by atoms with Crippen molar-refractivity contribution < 1.29 is 9.53 Å². The van der Waals surface area contributed by atoms with E-state index in [0.717, 1.165) is 31.8 Å². The lowest BCUT2D eigenvalue weighted by atomic mass is 10.1. The Morgan fingerprint density at radius 3 is 2.57 bits per heavy atom. The molecule has 1 heterocycles. The van der Waals surface area contributed by atoms with Crippen molar-refractivity contribution in [3.05, 3.63) is 35.9 Å². The quantitative estimate of drug-likeness (QED) is 0.377. The van der Waals surface area contributed by atoms with E-state index in [-0.39, 0.29) is 36.1 Å². The van der Waals surface area contributed by atoms with Crippen LogP contribution in [0, 0.1) is 0 Å². The number of hydrogen-bond donors (Lipinski definition) is 2. The number of likely N-dealkylation sites (tertiary alicyclic amines) is 1. The molecule has 2 N–H and O–H groups in total. The van der Waals surface area contributed by atoms with Crippen LogP contribution in [0.15, 0.2) is 35.3 Å². The molecule has 0 aromatic heterocycles. The van der Waals surface area contributed by atoms with E-state index in [9.17, 15) is 4.79 Å². The zero-order valence-corrected chi connectivity index (χ0v) is 19.6. The van der Waals surface area contributed by atoms with Gasteiger partial charge in [0.2, 0.25) is 0 Å². The summed E-state index contributed by atoms with van der Waals surface area (Å²) in [6, 6.07) is 11.2. The van der Waals surface area contributed by atoms with Crippen molar-refractivity contribution in [1.29, 1.82) is 0 Å². The van der Waals surface area contributed by atoms with Crippen LogP contribution in [0.5, 0.6) is 0 Å². The molecule has 3 unspecified atom stereocenters. The maximum atomic E-state index is 12.3. The summed E-state index contributed by atoms with van der Waals surface area (Å²) in [7, 11) is 1.80. The van der Waals surface area contributed by atoms with E-state index in [1.165, 1.54) is 5.56 Å². The minimum atomic E-state index is -0.465. The highest BCUT2D eigenvalue weighted by atomic mass is 127. The minimum absolute atomic E-state index is 0. The van der Waals surface area contributed by atoms with Gasteiger partial charge in [-0.05, 0) is 45.6 Å². The first-order valence-electron chi connectivity index (χ1n) is 9.88. The largest absolute Gasteiger partial charge is 0.444 e. The number of aliphatic imine (C=N–C) groups is 1. The highest BCUT2D eigenvalue weighted by molar-refractivity contribution is 14.0. The van der Waals surface area contributed by atoms with E-state index < -0.39 is 5.60 Å². The number of carbonyl (C=O) groups excluding carboxylic acids is 1. The monoisotopic (exact) mass is 500 g/mol. The lowest BCUT2D eigenvalue weighted by molar-refractivity contribution is 0.0193. The van der Waals surface area contributed by atoms with E-state index in [0.29, 0.717) is 18.5 Å². The molecule has 2 fully saturated rings. The van der Waals surface area contributed by atoms with Crippen LogP contribution in [0.25, 0.3) is 0 Å². The molecular formula is C21H33IN4O2. The van der Waals surface area contributed by atoms with Gasteiger partial charge in [-0.25, -0.2) is 4.79 Å². The Kier molecular flexibility index (Phi) is 7.97. The molecular weight excluding hydrogens is 467 g/mol. The maximum Gasteiger partial charge on any atom is 0.410 e. The zero-order valence-electron chi connectivity index (χ0n) is 17.3. The third-order valence-electron chi connectivity index (χ3n) is 4.98. The Hall–Kier alpha value is -1.51. The van der Waals surface area contributed by atoms with Crippen LogP contribution < -0.4 is 10.6 Å². The lowest BCUT2D eigenvalue weighted by Crippen LogP contribution is -2.53. The highest BCUT2D eigenvalue weighted by Crippen LogP contribution is 2.40. The van der Waals surface area contributed by atoms with Crippen LogP contribution in [0.2, 0.25) is 0 Å². The van der Waals surface area contributed by atoms with Gasteiger partial charge in [0, 0.05) is 38.1 Å². The van der Waals surface area contributed by atoms with Crippen molar-refractivity contribution in [3.8, 4) is 0 Å². The number of rotatable bonds is 3. The summed E-state index contributed by atoms with van der Waals surface area (Å²) in [4.78, 5) is 18.5. The first-order valence-corrected chi connectivity index (χ1v) is 9.88. The fourth-order valence-corrected chi connectivity index (χ4v) is 3.55. The lowest BCUT2D eigenvalue weighted by Gasteiger charge is -2.35. The predicted octanol–water partition coefficient (Wildman–Crippen LogP) is 3.73. The fraction of sp³-hybridized carbons (Fsp3) is 0.619. The molecule has 7 heteroatoms. The average Bonchev–Trinajstić information content (AvgIpc) is 3.40. The van der Waals surface area contributed by atoms with Crippen LogP contribution in [-0.4, -0.2) is 54.8 Å². The van der Waals surface area contributed by atoms with Gasteiger partial charge in [-0.2, -0.15) is 0 Å². The van der Waals surface area contributed by atoms with Crippen molar-refractivity contribution in [2.45, 2.75) is 63.6 Å². The Labute approximate surface area is 185 Å². The molecule has 6 nitrogen and oxygen atoms in total. The number of nitrogens with zero attached hydrogens (tertiary/aromatic N) is 2. The topological polar surface area (TPSA) is 66.0 Å². The summed E-state index contributed by atoms with van der Waals surface area (Å²) in [6.07, 6.45) is 2.87. The molecule has 0 radical (unpaired) electrons. The summed E-state index contributed by atoms with van der Waals surface area (Å²) in [6.45, 7) is 7.08. The zero-order chi connectivity index (χ0) is 19.4. The molecule has 0 spiro atoms. The molecule has 1 saturated heterocycles. The van der Waals surface area contributed by atoms with Crippen molar-refractivity contribution in [1.82, 2.24) is 15.5 Å². The van der Waals surface area contributed by atoms with Crippen LogP contribution in [0.1, 0.15) is 51.5 Å². The maximum absolute atomic E-state index is 12.3. The van der Waals surface area contributed by atoms with Gasteiger partial charge in [-0.15, -0.1) is 24.0 Å². The molecule has 28 heavy (non-hydrogen) atoms. The number of ether oxygens (including phenoxy) is 1. The number of benzene rings is 1. The fourth-order valence-electron chi connectivity index (χ4n) is 3.55. The highest BCUT2D eigenvalue weighted by Gasteiger charge is 2.39. The van der Waals surface area contributed by atoms with Crippen LogP contribution in [0.3, 0.4) is 0 Å². The third-order valence-corrected chi connectivity index (χ3v) is 4.98. The average molecular weight is 500 g/mol. The van der Waals surface area contributed by atoms with E-state index in [2.05, 4.69) is 39.9 Å². The SMILES string of the molecule is CN=C(NC1CCCN(C(=O)OC(C)(C)C)C1)NC1CC1c1ccccc1.I. The first kappa shape index (κ1) is 22.8. The number of nitrogens with one attached hydrogen (secondary N) is 2. The molecule has 3 rings (SSSR count). The number of carbonyl (C=O) groups is 1. The van der Waals surface area contributed by atoms with Gasteiger partial charge in [-0.1, -0.05) is 30.3 Å². The number of halogens is 1. The summed E-state index contributed by atoms with van der Waals surface area (Å²) in [5, 5.41) is 7.01. The van der Waals surface area contributed by atoms with Crippen molar-refractivity contribution in [2.75, 3.05) is 20.1 Å². The molecule has 1 aliphatic heterocycles. The van der Waals surface area contributed by atoms with Gasteiger partial charge in [-0.3, -0.25) is 4.99 Å². The van der Waals surface area contributed by atoms with Crippen molar-refractivity contribution in [2.24, 2.45) is 4.99 Å². The van der Waals surface area contributed by atoms with E-state index >= 15 is 0 Å². The van der Waals surface area contributed by atoms with Crippen LogP contribution in [0.4, 0.5) is 4.79 Å². The molecule has 1 aromatic carbocycles. The molecule has 1 aliphatic carbocycles. The Balaban J connectivity index is 0.00000280. The minimum Gasteiger partial charge on any atom is -0.444 e. The van der Waals surface area contributed by atoms with Crippen molar-refractivity contribution in [3.63, 3.8) is 0 Å². The number of hydrogen-bond acceptors (Lipinski definition) is 3. The van der Waals surface area contributed by atoms with Crippen LogP contribution >= 0.6 is 24.0 Å². The van der Waals surface area contributed by atoms with Gasteiger partial charge in [0.1, 0.15) is 5.60 Å². The number of piperidine rings is 1. The predicted molar refractivity (Wildman–Crippen MR) is 123 cm³/mol. The van der Waals surface area contributed by atoms with Gasteiger partial charge < -0.3 is 20.3 Å². The molecule has 1 aromatic rings. The second-order valence-corrected chi connectivity index (χ2v) is 8.49. The molecule has 1 amide bonds. The first-order chi connectivity index (χ1) is 12.9. The summed E-state index contributed by atoms with van der Waals surface area (Å²) in [5.74, 6) is 1.36. The Morgan fingerprint density at radius 1 is 1.21 bits per heavy atom. The van der Waals surface area contributed by atoms with Crippen LogP contribution in [-0.2, 0) is 4.74 Å². The van der Waals surface area contributed by atoms with Gasteiger partial charge >= 0.3 is 6.09 Å². The van der Waals surface area contributed by atoms with Gasteiger partial charge in [0.25, 0.3) is 0 Å². The van der Waals surface area contributed by atoms with E-state index in [4.69, 9.17) is 4.74 Å². The van der Waals surface area contributed by atoms with Crippen molar-refractivity contribution >= 4 is 36.0 Å².